The minimum Gasteiger partial charge on any atom is -0.437 e. The number of benzene rings is 1. The highest BCUT2D eigenvalue weighted by molar-refractivity contribution is 6.34. The van der Waals surface area contributed by atoms with Crippen LogP contribution >= 0.6 is 11.6 Å². The number of hydrogen-bond donors (Lipinski definition) is 2. The summed E-state index contributed by atoms with van der Waals surface area (Å²) < 4.78 is 5.32. The van der Waals surface area contributed by atoms with Gasteiger partial charge in [-0.3, -0.25) is 0 Å². The second kappa shape index (κ2) is 3.57. The van der Waals surface area contributed by atoms with Gasteiger partial charge in [0.15, 0.2) is 5.58 Å². The zero-order valence-electron chi connectivity index (χ0n) is 7.27. The molecule has 0 aliphatic heterocycles. The zero-order chi connectivity index (χ0) is 10.1. The van der Waals surface area contributed by atoms with Crippen molar-refractivity contribution in [1.82, 2.24) is 4.98 Å². The van der Waals surface area contributed by atoms with Gasteiger partial charge in [-0.2, -0.15) is 0 Å². The highest BCUT2D eigenvalue weighted by Crippen LogP contribution is 2.25. The molecule has 0 saturated heterocycles. The van der Waals surface area contributed by atoms with Crippen LogP contribution in [-0.4, -0.2) is 16.7 Å². The lowest BCUT2D eigenvalue weighted by atomic mass is 10.3. The summed E-state index contributed by atoms with van der Waals surface area (Å²) in [6, 6.07) is 4.67. The Morgan fingerprint density at radius 3 is 3.00 bits per heavy atom. The van der Waals surface area contributed by atoms with E-state index in [4.69, 9.17) is 26.9 Å². The summed E-state index contributed by atoms with van der Waals surface area (Å²) in [6.07, 6.45) is 0. The Morgan fingerprint density at radius 2 is 2.36 bits per heavy atom. The van der Waals surface area contributed by atoms with Crippen molar-refractivity contribution in [2.45, 2.75) is 6.04 Å². The van der Waals surface area contributed by atoms with E-state index in [0.717, 1.165) is 0 Å². The van der Waals surface area contributed by atoms with Gasteiger partial charge >= 0.3 is 0 Å². The number of fused-ring (bicyclic) bond motifs is 1. The largest absolute Gasteiger partial charge is 0.437 e. The first-order valence-electron chi connectivity index (χ1n) is 4.13. The van der Waals surface area contributed by atoms with Crippen LogP contribution in [-0.2, 0) is 0 Å². The van der Waals surface area contributed by atoms with Crippen LogP contribution in [0.5, 0.6) is 0 Å². The lowest BCUT2D eigenvalue weighted by molar-refractivity contribution is 0.250. The maximum absolute atomic E-state index is 8.82. The molecule has 3 N–H and O–H groups in total. The van der Waals surface area contributed by atoms with Crippen LogP contribution in [0.4, 0.5) is 0 Å². The Morgan fingerprint density at radius 1 is 1.57 bits per heavy atom. The van der Waals surface area contributed by atoms with Crippen LogP contribution in [0, 0.1) is 0 Å². The summed E-state index contributed by atoms with van der Waals surface area (Å²) in [5.74, 6) is 0.301. The average molecular weight is 213 g/mol. The number of aromatic nitrogens is 1. The molecule has 0 fully saturated rings. The van der Waals surface area contributed by atoms with Gasteiger partial charge in [0.1, 0.15) is 11.6 Å². The molecule has 0 radical (unpaired) electrons. The second-order valence-corrected chi connectivity index (χ2v) is 3.34. The number of hydrogen-bond acceptors (Lipinski definition) is 4. The minimum absolute atomic E-state index is 0.204. The van der Waals surface area contributed by atoms with Crippen LogP contribution in [0.1, 0.15) is 11.9 Å². The van der Waals surface area contributed by atoms with E-state index in [-0.39, 0.29) is 6.61 Å². The van der Waals surface area contributed by atoms with Gasteiger partial charge in [0.25, 0.3) is 0 Å². The van der Waals surface area contributed by atoms with E-state index < -0.39 is 6.04 Å². The number of nitrogens with two attached hydrogens (primary N) is 1. The number of nitrogens with zero attached hydrogens (tertiary/aromatic N) is 1. The molecule has 2 aromatic rings. The molecule has 1 heterocycles. The van der Waals surface area contributed by atoms with E-state index in [1.807, 2.05) is 0 Å². The van der Waals surface area contributed by atoms with Gasteiger partial charge in [-0.1, -0.05) is 17.7 Å². The molecule has 0 amide bonds. The van der Waals surface area contributed by atoms with Crippen molar-refractivity contribution in [3.63, 3.8) is 0 Å². The Hall–Kier alpha value is -1.10. The van der Waals surface area contributed by atoms with Gasteiger partial charge in [0.2, 0.25) is 5.89 Å². The van der Waals surface area contributed by atoms with E-state index in [9.17, 15) is 0 Å². The molecule has 74 valence electrons. The van der Waals surface area contributed by atoms with Gasteiger partial charge in [-0.15, -0.1) is 0 Å². The number of aliphatic hydroxyl groups excluding tert-OH is 1. The molecule has 1 aromatic heterocycles. The number of aliphatic hydroxyl groups is 1. The van der Waals surface area contributed by atoms with Gasteiger partial charge in [0.05, 0.1) is 11.6 Å². The van der Waals surface area contributed by atoms with Crippen LogP contribution in [0.15, 0.2) is 22.6 Å². The third kappa shape index (κ3) is 1.48. The normalized spacial score (nSPS) is 13.4. The van der Waals surface area contributed by atoms with Crippen LogP contribution < -0.4 is 5.73 Å². The highest BCUT2D eigenvalue weighted by atomic mass is 35.5. The van der Waals surface area contributed by atoms with Crippen molar-refractivity contribution in [3.05, 3.63) is 29.1 Å². The summed E-state index contributed by atoms with van der Waals surface area (Å²) in [5.41, 5.74) is 6.72. The van der Waals surface area contributed by atoms with Crippen molar-refractivity contribution >= 4 is 22.7 Å². The molecule has 1 atom stereocenters. The maximum Gasteiger partial charge on any atom is 0.214 e. The Balaban J connectivity index is 2.56. The summed E-state index contributed by atoms with van der Waals surface area (Å²) in [6.45, 7) is -0.204. The van der Waals surface area contributed by atoms with Crippen molar-refractivity contribution in [3.8, 4) is 0 Å². The standard InChI is InChI=1S/C9H9ClN2O2/c10-5-2-1-3-7-8(5)14-9(12-7)6(11)4-13/h1-3,6,13H,4,11H2. The molecule has 1 aromatic carbocycles. The molecule has 0 aliphatic rings. The molecule has 1 unspecified atom stereocenters. The average Bonchev–Trinajstić information content (AvgIpc) is 2.62. The number of oxazole rings is 1. The molecule has 14 heavy (non-hydrogen) atoms. The monoisotopic (exact) mass is 212 g/mol. The van der Waals surface area contributed by atoms with E-state index in [2.05, 4.69) is 4.98 Å². The second-order valence-electron chi connectivity index (χ2n) is 2.93. The molecule has 0 saturated carbocycles. The summed E-state index contributed by atoms with van der Waals surface area (Å²) in [5, 5.41) is 9.32. The van der Waals surface area contributed by atoms with E-state index >= 15 is 0 Å². The molecule has 0 aliphatic carbocycles. The van der Waals surface area contributed by atoms with Crippen molar-refractivity contribution < 1.29 is 9.52 Å². The fourth-order valence-electron chi connectivity index (χ4n) is 1.17. The Labute approximate surface area is 85.3 Å². The third-order valence-electron chi connectivity index (χ3n) is 1.90. The summed E-state index contributed by atoms with van der Waals surface area (Å²) in [7, 11) is 0. The predicted molar refractivity (Wildman–Crippen MR) is 53.0 cm³/mol. The number of para-hydroxylation sites is 1. The van der Waals surface area contributed by atoms with E-state index in [1.54, 1.807) is 18.2 Å². The first-order chi connectivity index (χ1) is 6.72. The van der Waals surface area contributed by atoms with Crippen LogP contribution in [0.3, 0.4) is 0 Å². The van der Waals surface area contributed by atoms with E-state index in [1.165, 1.54) is 0 Å². The topological polar surface area (TPSA) is 72.3 Å². The fraction of sp³-hybridized carbons (Fsp3) is 0.222. The molecule has 4 nitrogen and oxygen atoms in total. The minimum atomic E-state index is -0.599. The molecule has 0 bridgehead atoms. The van der Waals surface area contributed by atoms with Gasteiger partial charge in [-0.25, -0.2) is 4.98 Å². The first-order valence-corrected chi connectivity index (χ1v) is 4.51. The van der Waals surface area contributed by atoms with Gasteiger partial charge in [-0.05, 0) is 12.1 Å². The lowest BCUT2D eigenvalue weighted by Crippen LogP contribution is -2.14. The molecule has 2 rings (SSSR count). The van der Waals surface area contributed by atoms with Gasteiger partial charge < -0.3 is 15.3 Å². The third-order valence-corrected chi connectivity index (χ3v) is 2.20. The maximum atomic E-state index is 8.82. The van der Waals surface area contributed by atoms with E-state index in [0.29, 0.717) is 22.0 Å². The molecular formula is C9H9ClN2O2. The van der Waals surface area contributed by atoms with Crippen molar-refractivity contribution in [2.75, 3.05) is 6.61 Å². The first kappa shape index (κ1) is 9.45. The Kier molecular flexibility index (Phi) is 2.41. The zero-order valence-corrected chi connectivity index (χ0v) is 8.03. The molecule has 5 heteroatoms. The number of rotatable bonds is 2. The summed E-state index contributed by atoms with van der Waals surface area (Å²) in [4.78, 5) is 4.11. The molecular weight excluding hydrogens is 204 g/mol. The van der Waals surface area contributed by atoms with Crippen molar-refractivity contribution in [2.24, 2.45) is 5.73 Å². The van der Waals surface area contributed by atoms with Gasteiger partial charge in [0, 0.05) is 0 Å². The predicted octanol–water partition coefficient (Wildman–Crippen LogP) is 1.47. The number of halogens is 1. The molecule has 0 spiro atoms. The quantitative estimate of drug-likeness (QED) is 0.791. The highest BCUT2D eigenvalue weighted by Gasteiger charge is 2.13. The lowest BCUT2D eigenvalue weighted by Gasteiger charge is -1.99. The smallest absolute Gasteiger partial charge is 0.214 e. The SMILES string of the molecule is NC(CO)c1nc2cccc(Cl)c2o1. The Bertz CT molecular complexity index is 455. The van der Waals surface area contributed by atoms with Crippen LogP contribution in [0.2, 0.25) is 5.02 Å². The fourth-order valence-corrected chi connectivity index (χ4v) is 1.38. The van der Waals surface area contributed by atoms with Crippen LogP contribution in [0.25, 0.3) is 11.1 Å². The summed E-state index contributed by atoms with van der Waals surface area (Å²) >= 11 is 5.88. The van der Waals surface area contributed by atoms with Crippen molar-refractivity contribution in [1.29, 1.82) is 0 Å².